The van der Waals surface area contributed by atoms with Crippen LogP contribution in [0.1, 0.15) is 46.0 Å². The van der Waals surface area contributed by atoms with Gasteiger partial charge in [-0.25, -0.2) is 0 Å². The monoisotopic (exact) mass is 277 g/mol. The molecule has 0 aliphatic heterocycles. The van der Waals surface area contributed by atoms with E-state index >= 15 is 0 Å². The first kappa shape index (κ1) is 14.6. The van der Waals surface area contributed by atoms with Crippen molar-refractivity contribution in [2.75, 3.05) is 12.0 Å². The second-order valence-electron chi connectivity index (χ2n) is 5.33. The van der Waals surface area contributed by atoms with Gasteiger partial charge in [-0.05, 0) is 24.9 Å². The third-order valence-corrected chi connectivity index (χ3v) is 3.66. The van der Waals surface area contributed by atoms with E-state index < -0.39 is 10.8 Å². The number of hydrogen-bond acceptors (Lipinski definition) is 3. The molecule has 1 aromatic heterocycles. The Labute approximate surface area is 110 Å². The Balaban J connectivity index is 2.96. The Kier molecular flexibility index (Phi) is 4.72. The van der Waals surface area contributed by atoms with Crippen molar-refractivity contribution in [2.24, 2.45) is 0 Å². The predicted molar refractivity (Wildman–Crippen MR) is 72.0 cm³/mol. The summed E-state index contributed by atoms with van der Waals surface area (Å²) in [5.41, 5.74) is -0.0975. The lowest BCUT2D eigenvalue weighted by Crippen LogP contribution is -2.22. The van der Waals surface area contributed by atoms with Crippen molar-refractivity contribution in [3.63, 3.8) is 0 Å². The van der Waals surface area contributed by atoms with E-state index in [4.69, 9.17) is 11.6 Å². The van der Waals surface area contributed by atoms with Crippen LogP contribution in [-0.2, 0) is 16.2 Å². The van der Waals surface area contributed by atoms with Gasteiger partial charge in [0.15, 0.2) is 0 Å². The van der Waals surface area contributed by atoms with Crippen LogP contribution in [-0.4, -0.2) is 31.0 Å². The van der Waals surface area contributed by atoms with Crippen LogP contribution in [0.2, 0.25) is 5.28 Å². The third kappa shape index (κ3) is 3.78. The topological polar surface area (TPSA) is 47.8 Å². The van der Waals surface area contributed by atoms with Gasteiger partial charge in [0, 0.05) is 34.3 Å². The van der Waals surface area contributed by atoms with Crippen LogP contribution in [0.5, 0.6) is 0 Å². The Morgan fingerprint density at radius 3 is 2.47 bits per heavy atom. The first-order valence-corrected chi connectivity index (χ1v) is 7.75. The quantitative estimate of drug-likeness (QED) is 0.850. The highest BCUT2D eigenvalue weighted by atomic mass is 35.5. The van der Waals surface area contributed by atoms with E-state index in [1.54, 1.807) is 6.26 Å². The predicted octanol–water partition coefficient (Wildman–Crippen LogP) is 2.56. The SMILES string of the molecule is CC(CCS(C)=O)n1c(Cl)nnc1C(C)(C)C. The molecule has 0 aliphatic carbocycles. The molecular weight excluding hydrogens is 258 g/mol. The zero-order valence-electron chi connectivity index (χ0n) is 11.0. The zero-order valence-corrected chi connectivity index (χ0v) is 12.6. The molecule has 0 aliphatic rings. The van der Waals surface area contributed by atoms with Gasteiger partial charge < -0.3 is 0 Å². The fourth-order valence-corrected chi connectivity index (χ4v) is 2.60. The van der Waals surface area contributed by atoms with Crippen LogP contribution >= 0.6 is 11.6 Å². The molecule has 0 spiro atoms. The highest BCUT2D eigenvalue weighted by molar-refractivity contribution is 7.84. The lowest BCUT2D eigenvalue weighted by atomic mass is 9.95. The van der Waals surface area contributed by atoms with Crippen molar-refractivity contribution in [3.05, 3.63) is 11.1 Å². The maximum atomic E-state index is 11.1. The molecule has 1 rings (SSSR count). The molecule has 0 saturated carbocycles. The number of hydrogen-bond donors (Lipinski definition) is 0. The average molecular weight is 278 g/mol. The smallest absolute Gasteiger partial charge is 0.225 e. The second kappa shape index (κ2) is 5.48. The second-order valence-corrected chi connectivity index (χ2v) is 7.22. The average Bonchev–Trinajstić information content (AvgIpc) is 2.56. The summed E-state index contributed by atoms with van der Waals surface area (Å²) in [5.74, 6) is 1.54. The lowest BCUT2D eigenvalue weighted by Gasteiger charge is -2.23. The highest BCUT2D eigenvalue weighted by Crippen LogP contribution is 2.27. The molecule has 4 nitrogen and oxygen atoms in total. The van der Waals surface area contributed by atoms with Crippen molar-refractivity contribution in [2.45, 2.75) is 45.6 Å². The first-order chi connectivity index (χ1) is 7.73. The molecule has 1 heterocycles. The van der Waals surface area contributed by atoms with E-state index in [1.807, 2.05) is 4.57 Å². The van der Waals surface area contributed by atoms with Crippen molar-refractivity contribution in [1.82, 2.24) is 14.8 Å². The number of aromatic nitrogens is 3. The number of nitrogens with zero attached hydrogens (tertiary/aromatic N) is 3. The van der Waals surface area contributed by atoms with Crippen LogP contribution in [0.4, 0.5) is 0 Å². The minimum atomic E-state index is -0.779. The zero-order chi connectivity index (χ0) is 13.2. The largest absolute Gasteiger partial charge is 0.298 e. The highest BCUT2D eigenvalue weighted by Gasteiger charge is 2.25. The van der Waals surface area contributed by atoms with Crippen molar-refractivity contribution in [3.8, 4) is 0 Å². The van der Waals surface area contributed by atoms with E-state index in [1.165, 1.54) is 0 Å². The molecule has 0 amide bonds. The van der Waals surface area contributed by atoms with Crippen molar-refractivity contribution in [1.29, 1.82) is 0 Å². The van der Waals surface area contributed by atoms with Gasteiger partial charge in [0.05, 0.1) is 0 Å². The summed E-state index contributed by atoms with van der Waals surface area (Å²) in [6.07, 6.45) is 2.52. The maximum Gasteiger partial charge on any atom is 0.225 e. The van der Waals surface area contributed by atoms with E-state index in [0.717, 1.165) is 12.2 Å². The van der Waals surface area contributed by atoms with Gasteiger partial charge >= 0.3 is 0 Å². The molecule has 0 radical (unpaired) electrons. The summed E-state index contributed by atoms with van der Waals surface area (Å²) in [6.45, 7) is 8.29. The van der Waals surface area contributed by atoms with E-state index in [9.17, 15) is 4.21 Å². The molecule has 6 heteroatoms. The standard InChI is InChI=1S/C11H20ClN3OS/c1-8(6-7-17(5)16)15-9(11(2,3)4)13-14-10(15)12/h8H,6-7H2,1-5H3. The third-order valence-electron chi connectivity index (χ3n) is 2.59. The molecular formula is C11H20ClN3OS. The molecule has 0 fully saturated rings. The van der Waals surface area contributed by atoms with E-state index in [0.29, 0.717) is 11.0 Å². The molecule has 0 N–H and O–H groups in total. The minimum absolute atomic E-state index is 0.0975. The first-order valence-electron chi connectivity index (χ1n) is 5.64. The summed E-state index contributed by atoms with van der Waals surface area (Å²) in [4.78, 5) is 0. The van der Waals surface area contributed by atoms with Crippen molar-refractivity contribution < 1.29 is 4.21 Å². The summed E-state index contributed by atoms with van der Waals surface area (Å²) in [6, 6.07) is 0.163. The van der Waals surface area contributed by atoms with Crippen LogP contribution in [0.15, 0.2) is 0 Å². The van der Waals surface area contributed by atoms with Gasteiger partial charge in [-0.15, -0.1) is 10.2 Å². The minimum Gasteiger partial charge on any atom is -0.298 e. The Morgan fingerprint density at radius 1 is 1.41 bits per heavy atom. The van der Waals surface area contributed by atoms with E-state index in [-0.39, 0.29) is 11.5 Å². The fraction of sp³-hybridized carbons (Fsp3) is 0.818. The lowest BCUT2D eigenvalue weighted by molar-refractivity contribution is 0.445. The molecule has 0 saturated heterocycles. The summed E-state index contributed by atoms with van der Waals surface area (Å²) < 4.78 is 13.1. The number of rotatable bonds is 4. The van der Waals surface area contributed by atoms with Crippen LogP contribution < -0.4 is 0 Å². The summed E-state index contributed by atoms with van der Waals surface area (Å²) >= 11 is 6.07. The Morgan fingerprint density at radius 2 is 2.00 bits per heavy atom. The Hall–Kier alpha value is -0.420. The number of halogens is 1. The molecule has 1 aromatic rings. The van der Waals surface area contributed by atoms with Gasteiger partial charge in [-0.1, -0.05) is 20.8 Å². The summed E-state index contributed by atoms with van der Waals surface area (Å²) in [7, 11) is -0.779. The van der Waals surface area contributed by atoms with Crippen LogP contribution in [0.25, 0.3) is 0 Å². The molecule has 98 valence electrons. The van der Waals surface area contributed by atoms with Crippen LogP contribution in [0, 0.1) is 0 Å². The van der Waals surface area contributed by atoms with E-state index in [2.05, 4.69) is 37.9 Å². The van der Waals surface area contributed by atoms with Gasteiger partial charge in [0.25, 0.3) is 0 Å². The Bertz CT molecular complexity index is 411. The summed E-state index contributed by atoms with van der Waals surface area (Å²) in [5, 5.41) is 8.48. The molecule has 17 heavy (non-hydrogen) atoms. The van der Waals surface area contributed by atoms with Crippen molar-refractivity contribution >= 4 is 22.4 Å². The molecule has 2 unspecified atom stereocenters. The van der Waals surface area contributed by atoms with Crippen LogP contribution in [0.3, 0.4) is 0 Å². The van der Waals surface area contributed by atoms with Gasteiger partial charge in [0.2, 0.25) is 5.28 Å². The molecule has 0 bridgehead atoms. The normalized spacial score (nSPS) is 15.9. The maximum absolute atomic E-state index is 11.1. The van der Waals surface area contributed by atoms with Gasteiger partial charge in [0.1, 0.15) is 5.82 Å². The molecule has 0 aromatic carbocycles. The van der Waals surface area contributed by atoms with Gasteiger partial charge in [-0.3, -0.25) is 8.78 Å². The van der Waals surface area contributed by atoms with Gasteiger partial charge in [-0.2, -0.15) is 0 Å². The molecule has 2 atom stereocenters. The fourth-order valence-electron chi connectivity index (χ4n) is 1.64.